The first-order valence-electron chi connectivity index (χ1n) is 12.8. The summed E-state index contributed by atoms with van der Waals surface area (Å²) >= 11 is 0. The number of carbonyl (C=O) groups is 2. The summed E-state index contributed by atoms with van der Waals surface area (Å²) in [7, 11) is 1.56. The van der Waals surface area contributed by atoms with Gasteiger partial charge in [-0.25, -0.2) is 0 Å². The van der Waals surface area contributed by atoms with Crippen LogP contribution in [0.15, 0.2) is 66.7 Å². The van der Waals surface area contributed by atoms with Gasteiger partial charge < -0.3 is 4.57 Å². The van der Waals surface area contributed by atoms with Gasteiger partial charge in [0.05, 0.1) is 16.6 Å². The predicted molar refractivity (Wildman–Crippen MR) is 152 cm³/mol. The van der Waals surface area contributed by atoms with Crippen molar-refractivity contribution in [2.75, 3.05) is 7.05 Å². The summed E-state index contributed by atoms with van der Waals surface area (Å²) < 4.78 is 2.26. The minimum absolute atomic E-state index is 0.0251. The molecular formula is C33H32N2O2. The molecule has 0 saturated carbocycles. The second-order valence-corrected chi connectivity index (χ2v) is 12.4. The quantitative estimate of drug-likeness (QED) is 0.226. The fourth-order valence-corrected chi connectivity index (χ4v) is 5.58. The van der Waals surface area contributed by atoms with E-state index in [0.29, 0.717) is 11.1 Å². The number of imide groups is 1. The van der Waals surface area contributed by atoms with Crippen LogP contribution in [-0.4, -0.2) is 28.3 Å². The normalized spacial score (nSPS) is 14.4. The molecule has 0 saturated heterocycles. The van der Waals surface area contributed by atoms with Gasteiger partial charge >= 0.3 is 0 Å². The second kappa shape index (κ2) is 7.55. The first-order chi connectivity index (χ1) is 17.4. The number of amides is 2. The number of nitrogens with zero attached hydrogens (tertiary/aromatic N) is 2. The summed E-state index contributed by atoms with van der Waals surface area (Å²) in [4.78, 5) is 27.3. The Morgan fingerprint density at radius 3 is 1.70 bits per heavy atom. The van der Waals surface area contributed by atoms with Crippen LogP contribution in [-0.2, 0) is 10.8 Å². The van der Waals surface area contributed by atoms with Crippen molar-refractivity contribution in [3.63, 3.8) is 0 Å². The summed E-state index contributed by atoms with van der Waals surface area (Å²) in [6.45, 7) is 13.4. The van der Waals surface area contributed by atoms with E-state index in [9.17, 15) is 9.59 Å². The molecule has 0 bridgehead atoms. The van der Waals surface area contributed by atoms with Crippen molar-refractivity contribution in [3.05, 3.63) is 89.0 Å². The van der Waals surface area contributed by atoms with Crippen molar-refractivity contribution in [1.82, 2.24) is 9.47 Å². The van der Waals surface area contributed by atoms with Crippen molar-refractivity contribution >= 4 is 44.4 Å². The van der Waals surface area contributed by atoms with Crippen molar-refractivity contribution in [2.24, 2.45) is 0 Å². The molecule has 0 aliphatic carbocycles. The molecule has 0 atom stereocenters. The maximum Gasteiger partial charge on any atom is 0.261 e. The van der Waals surface area contributed by atoms with E-state index in [1.54, 1.807) is 13.1 Å². The summed E-state index contributed by atoms with van der Waals surface area (Å²) in [5, 5.41) is 4.04. The molecule has 4 heteroatoms. The summed E-state index contributed by atoms with van der Waals surface area (Å²) in [5.41, 5.74) is 6.89. The maximum absolute atomic E-state index is 13.3. The highest BCUT2D eigenvalue weighted by Crippen LogP contribution is 2.39. The fraction of sp³-hybridized carbons (Fsp3) is 0.273. The van der Waals surface area contributed by atoms with Gasteiger partial charge in [-0.2, -0.15) is 0 Å². The van der Waals surface area contributed by atoms with Gasteiger partial charge in [-0.05, 0) is 69.8 Å². The third-order valence-corrected chi connectivity index (χ3v) is 7.79. The molecule has 1 aromatic heterocycles. The average Bonchev–Trinajstić information content (AvgIpc) is 3.17. The van der Waals surface area contributed by atoms with E-state index >= 15 is 0 Å². The van der Waals surface area contributed by atoms with Gasteiger partial charge in [0.15, 0.2) is 0 Å². The summed E-state index contributed by atoms with van der Waals surface area (Å²) in [5.74, 6) is -0.515. The fourth-order valence-electron chi connectivity index (χ4n) is 5.58. The van der Waals surface area contributed by atoms with Crippen LogP contribution in [0.5, 0.6) is 0 Å². The zero-order valence-electron chi connectivity index (χ0n) is 22.6. The van der Waals surface area contributed by atoms with Crippen LogP contribution in [0.1, 0.15) is 73.4 Å². The van der Waals surface area contributed by atoms with Crippen molar-refractivity contribution in [2.45, 2.75) is 52.4 Å². The molecule has 5 aromatic rings. The summed E-state index contributed by atoms with van der Waals surface area (Å²) in [6.07, 6.45) is 0. The number of rotatable bonds is 1. The Labute approximate surface area is 217 Å². The monoisotopic (exact) mass is 488 g/mol. The van der Waals surface area contributed by atoms with Crippen LogP contribution in [0, 0.1) is 0 Å². The van der Waals surface area contributed by atoms with Gasteiger partial charge in [-0.15, -0.1) is 0 Å². The number of hydrogen-bond acceptors (Lipinski definition) is 2. The molecule has 0 radical (unpaired) electrons. The van der Waals surface area contributed by atoms with Crippen molar-refractivity contribution < 1.29 is 9.59 Å². The van der Waals surface area contributed by atoms with E-state index in [1.807, 2.05) is 18.2 Å². The largest absolute Gasteiger partial charge is 0.309 e. The van der Waals surface area contributed by atoms with Crippen LogP contribution >= 0.6 is 0 Å². The highest BCUT2D eigenvalue weighted by atomic mass is 16.2. The lowest BCUT2D eigenvalue weighted by Gasteiger charge is -2.24. The number of aromatic nitrogens is 1. The molecule has 0 unspecified atom stereocenters. The van der Waals surface area contributed by atoms with Gasteiger partial charge in [-0.3, -0.25) is 14.5 Å². The predicted octanol–water partition coefficient (Wildman–Crippen LogP) is 7.76. The lowest BCUT2D eigenvalue weighted by molar-refractivity contribution is 0.0650. The number of hydrogen-bond donors (Lipinski definition) is 0. The van der Waals surface area contributed by atoms with Gasteiger partial charge in [0, 0.05) is 34.5 Å². The Morgan fingerprint density at radius 2 is 1.16 bits per heavy atom. The number of fused-ring (bicyclic) bond motifs is 3. The lowest BCUT2D eigenvalue weighted by atomic mass is 9.85. The van der Waals surface area contributed by atoms with Crippen LogP contribution in [0.2, 0.25) is 0 Å². The Bertz CT molecular complexity index is 1720. The molecular weight excluding hydrogens is 456 g/mol. The molecule has 0 fully saturated rings. The van der Waals surface area contributed by atoms with E-state index in [-0.39, 0.29) is 22.6 Å². The van der Waals surface area contributed by atoms with E-state index in [2.05, 4.69) is 88.6 Å². The van der Waals surface area contributed by atoms with Gasteiger partial charge in [0.2, 0.25) is 0 Å². The minimum Gasteiger partial charge on any atom is -0.309 e. The molecule has 2 heterocycles. The van der Waals surface area contributed by atoms with E-state index in [0.717, 1.165) is 27.5 Å². The van der Waals surface area contributed by atoms with Gasteiger partial charge in [0.1, 0.15) is 0 Å². The van der Waals surface area contributed by atoms with Gasteiger partial charge in [0.25, 0.3) is 11.8 Å². The second-order valence-electron chi connectivity index (χ2n) is 12.4. The van der Waals surface area contributed by atoms with Crippen LogP contribution in [0.4, 0.5) is 0 Å². The average molecular weight is 489 g/mol. The smallest absolute Gasteiger partial charge is 0.261 e. The molecule has 1 aliphatic rings. The molecule has 37 heavy (non-hydrogen) atoms. The Kier molecular flexibility index (Phi) is 4.79. The molecule has 6 rings (SSSR count). The molecule has 2 amide bonds. The maximum atomic E-state index is 13.3. The van der Waals surface area contributed by atoms with Gasteiger partial charge in [-0.1, -0.05) is 65.8 Å². The van der Waals surface area contributed by atoms with Crippen molar-refractivity contribution in [1.29, 1.82) is 0 Å². The molecule has 0 spiro atoms. The highest BCUT2D eigenvalue weighted by molar-refractivity contribution is 6.25. The third-order valence-electron chi connectivity index (χ3n) is 7.79. The Morgan fingerprint density at radius 1 is 0.622 bits per heavy atom. The van der Waals surface area contributed by atoms with Crippen LogP contribution < -0.4 is 0 Å². The molecule has 0 N–H and O–H groups in total. The first-order valence-corrected chi connectivity index (χ1v) is 12.8. The number of benzene rings is 4. The first kappa shape index (κ1) is 23.5. The zero-order chi connectivity index (χ0) is 26.4. The standard InChI is InChI=1S/C33H32N2O2/c1-32(2,3)20-11-13-27-24(16-20)25-17-21(33(4,5)6)12-14-28(25)35(27)22-15-19-9-8-10-23-29(19)26(18-22)31(37)34(7)30(23)36/h8-18H,1-7H3. The van der Waals surface area contributed by atoms with E-state index < -0.39 is 0 Å². The summed E-state index contributed by atoms with van der Waals surface area (Å²) in [6, 6.07) is 23.2. The van der Waals surface area contributed by atoms with Crippen LogP contribution in [0.3, 0.4) is 0 Å². The highest BCUT2D eigenvalue weighted by Gasteiger charge is 2.31. The molecule has 186 valence electrons. The molecule has 4 nitrogen and oxygen atoms in total. The van der Waals surface area contributed by atoms with Crippen LogP contribution in [0.25, 0.3) is 38.3 Å². The van der Waals surface area contributed by atoms with E-state index in [4.69, 9.17) is 0 Å². The zero-order valence-corrected chi connectivity index (χ0v) is 22.6. The molecule has 1 aliphatic heterocycles. The molecule has 4 aromatic carbocycles. The SMILES string of the molecule is CN1C(=O)c2cccc3cc(-n4c5ccc(C(C)(C)C)cc5c5cc(C(C)(C)C)ccc54)cc(c23)C1=O. The Balaban J connectivity index is 1.73. The van der Waals surface area contributed by atoms with E-state index in [1.165, 1.54) is 26.8 Å². The minimum atomic E-state index is -0.263. The Hall–Kier alpha value is -3.92. The lowest BCUT2D eigenvalue weighted by Crippen LogP contribution is -2.37. The number of carbonyl (C=O) groups excluding carboxylic acids is 2. The van der Waals surface area contributed by atoms with Crippen molar-refractivity contribution in [3.8, 4) is 5.69 Å². The third kappa shape index (κ3) is 3.42. The topological polar surface area (TPSA) is 42.3 Å².